The molecule has 21 heavy (non-hydrogen) atoms. The molecule has 0 bridgehead atoms. The van der Waals surface area contributed by atoms with Gasteiger partial charge in [-0.15, -0.1) is 0 Å². The first-order valence-electron chi connectivity index (χ1n) is 6.10. The van der Waals surface area contributed by atoms with Crippen molar-refractivity contribution in [2.24, 2.45) is 5.73 Å². The Balaban J connectivity index is 2.23. The number of hydrogen-bond acceptors (Lipinski definition) is 6. The van der Waals surface area contributed by atoms with Gasteiger partial charge in [0.15, 0.2) is 5.82 Å². The lowest BCUT2D eigenvalue weighted by Gasteiger charge is -2.06. The molecule has 1 aromatic carbocycles. The number of hydrogen-bond donors (Lipinski definition) is 2. The molecule has 0 aliphatic rings. The summed E-state index contributed by atoms with van der Waals surface area (Å²) in [6, 6.07) is 6.43. The molecule has 3 N–H and O–H groups in total. The van der Waals surface area contributed by atoms with Gasteiger partial charge in [-0.25, -0.2) is 13.1 Å². The fraction of sp³-hybridized carbons (Fsp3) is 0.231. The molecule has 0 atom stereocenters. The molecule has 0 unspecified atom stereocenters. The highest BCUT2D eigenvalue weighted by Gasteiger charge is 2.18. The molecule has 0 aliphatic heterocycles. The maximum absolute atomic E-state index is 12.3. The smallest absolute Gasteiger partial charge is 0.242 e. The van der Waals surface area contributed by atoms with Gasteiger partial charge in [0.05, 0.1) is 18.0 Å². The molecule has 0 amide bonds. The summed E-state index contributed by atoms with van der Waals surface area (Å²) in [5, 5.41) is 3.63. The van der Waals surface area contributed by atoms with Crippen LogP contribution >= 0.6 is 0 Å². The Kier molecular flexibility index (Phi) is 4.70. The van der Waals surface area contributed by atoms with E-state index in [1.807, 2.05) is 0 Å². The Hall–Kier alpha value is -2.21. The second kappa shape index (κ2) is 6.49. The van der Waals surface area contributed by atoms with Gasteiger partial charge >= 0.3 is 0 Å². The summed E-state index contributed by atoms with van der Waals surface area (Å²) >= 11 is 0. The van der Waals surface area contributed by atoms with Crippen LogP contribution in [0.15, 0.2) is 33.7 Å². The largest absolute Gasteiger partial charge is 0.340 e. The van der Waals surface area contributed by atoms with Crippen molar-refractivity contribution in [2.45, 2.75) is 18.4 Å². The fourth-order valence-corrected chi connectivity index (χ4v) is 2.74. The van der Waals surface area contributed by atoms with Crippen LogP contribution in [0.1, 0.15) is 17.3 Å². The van der Waals surface area contributed by atoms with Crippen molar-refractivity contribution in [1.29, 1.82) is 0 Å². The van der Waals surface area contributed by atoms with E-state index in [-0.39, 0.29) is 23.8 Å². The summed E-state index contributed by atoms with van der Waals surface area (Å²) in [5.74, 6) is 6.02. The minimum atomic E-state index is -3.73. The maximum Gasteiger partial charge on any atom is 0.242 e. The standard InChI is InChI=1S/C13H14N4O3S/c1-10-16-13(17-20-10)9-15-21(18,19)12-7-3-2-5-11(12)6-4-8-14/h2-3,5,7,15H,8-9,14H2,1H3. The summed E-state index contributed by atoms with van der Waals surface area (Å²) in [6.07, 6.45) is 0. The summed E-state index contributed by atoms with van der Waals surface area (Å²) in [6.45, 7) is 1.73. The van der Waals surface area contributed by atoms with Gasteiger partial charge < -0.3 is 10.3 Å². The topological polar surface area (TPSA) is 111 Å². The monoisotopic (exact) mass is 306 g/mol. The summed E-state index contributed by atoms with van der Waals surface area (Å²) < 4.78 is 31.8. The van der Waals surface area contributed by atoms with E-state index in [2.05, 4.69) is 26.7 Å². The fourth-order valence-electron chi connectivity index (χ4n) is 1.60. The van der Waals surface area contributed by atoms with E-state index in [1.54, 1.807) is 25.1 Å². The van der Waals surface area contributed by atoms with Gasteiger partial charge in [0.2, 0.25) is 15.9 Å². The van der Waals surface area contributed by atoms with Crippen molar-refractivity contribution in [3.8, 4) is 11.8 Å². The SMILES string of the molecule is Cc1nc(CNS(=O)(=O)c2ccccc2C#CCN)no1. The first-order valence-corrected chi connectivity index (χ1v) is 7.58. The average Bonchev–Trinajstić information content (AvgIpc) is 2.89. The molecule has 0 saturated carbocycles. The molecular formula is C13H14N4O3S. The molecule has 0 spiro atoms. The first kappa shape index (κ1) is 15.2. The van der Waals surface area contributed by atoms with Crippen molar-refractivity contribution in [3.63, 3.8) is 0 Å². The summed E-state index contributed by atoms with van der Waals surface area (Å²) in [4.78, 5) is 4.02. The van der Waals surface area contributed by atoms with E-state index in [9.17, 15) is 8.42 Å². The Bertz CT molecular complexity index is 787. The Morgan fingerprint density at radius 3 is 2.81 bits per heavy atom. The average molecular weight is 306 g/mol. The zero-order valence-electron chi connectivity index (χ0n) is 11.3. The number of sulfonamides is 1. The van der Waals surface area contributed by atoms with Gasteiger partial charge in [0.1, 0.15) is 0 Å². The van der Waals surface area contributed by atoms with E-state index in [0.29, 0.717) is 11.5 Å². The minimum absolute atomic E-state index is 0.0572. The van der Waals surface area contributed by atoms with Crippen molar-refractivity contribution >= 4 is 10.0 Å². The third kappa shape index (κ3) is 3.88. The molecule has 0 saturated heterocycles. The van der Waals surface area contributed by atoms with Crippen molar-refractivity contribution < 1.29 is 12.9 Å². The third-order valence-electron chi connectivity index (χ3n) is 2.49. The van der Waals surface area contributed by atoms with E-state index < -0.39 is 10.0 Å². The summed E-state index contributed by atoms with van der Waals surface area (Å²) in [7, 11) is -3.73. The number of rotatable bonds is 4. The van der Waals surface area contributed by atoms with Crippen LogP contribution in [0, 0.1) is 18.8 Å². The van der Waals surface area contributed by atoms with Crippen LogP contribution in [0.3, 0.4) is 0 Å². The van der Waals surface area contributed by atoms with Crippen molar-refractivity contribution in [3.05, 3.63) is 41.5 Å². The van der Waals surface area contributed by atoms with E-state index in [4.69, 9.17) is 10.3 Å². The molecular weight excluding hydrogens is 292 g/mol. The predicted octanol–water partition coefficient (Wildman–Crippen LogP) is 0.167. The lowest BCUT2D eigenvalue weighted by atomic mass is 10.2. The number of nitrogens with one attached hydrogen (secondary N) is 1. The molecule has 2 aromatic rings. The highest BCUT2D eigenvalue weighted by atomic mass is 32.2. The first-order chi connectivity index (χ1) is 10.0. The van der Waals surface area contributed by atoms with Gasteiger partial charge in [0.25, 0.3) is 0 Å². The highest BCUT2D eigenvalue weighted by molar-refractivity contribution is 7.89. The number of nitrogens with zero attached hydrogens (tertiary/aromatic N) is 2. The van der Waals surface area contributed by atoms with Crippen LogP contribution in [0.5, 0.6) is 0 Å². The highest BCUT2D eigenvalue weighted by Crippen LogP contribution is 2.14. The van der Waals surface area contributed by atoms with Gasteiger partial charge in [-0.2, -0.15) is 4.98 Å². The van der Waals surface area contributed by atoms with Crippen molar-refractivity contribution in [1.82, 2.24) is 14.9 Å². The van der Waals surface area contributed by atoms with Crippen LogP contribution in [-0.4, -0.2) is 25.1 Å². The number of aromatic nitrogens is 2. The number of benzene rings is 1. The summed E-state index contributed by atoms with van der Waals surface area (Å²) in [5.41, 5.74) is 5.70. The molecule has 0 radical (unpaired) electrons. The lowest BCUT2D eigenvalue weighted by Crippen LogP contribution is -2.24. The quantitative estimate of drug-likeness (QED) is 0.779. The zero-order valence-corrected chi connectivity index (χ0v) is 12.1. The van der Waals surface area contributed by atoms with Crippen LogP contribution in [0.2, 0.25) is 0 Å². The van der Waals surface area contributed by atoms with Crippen LogP contribution < -0.4 is 10.5 Å². The van der Waals surface area contributed by atoms with Crippen LogP contribution in [-0.2, 0) is 16.6 Å². The maximum atomic E-state index is 12.3. The molecule has 0 aliphatic carbocycles. The van der Waals surface area contributed by atoms with E-state index >= 15 is 0 Å². The lowest BCUT2D eigenvalue weighted by molar-refractivity contribution is 0.387. The van der Waals surface area contributed by atoms with Gasteiger partial charge in [-0.05, 0) is 12.1 Å². The molecule has 2 rings (SSSR count). The van der Waals surface area contributed by atoms with E-state index in [1.165, 1.54) is 6.07 Å². The second-order valence-corrected chi connectivity index (χ2v) is 5.79. The predicted molar refractivity (Wildman–Crippen MR) is 75.4 cm³/mol. The molecule has 8 heteroatoms. The zero-order chi connectivity index (χ0) is 15.3. The van der Waals surface area contributed by atoms with Gasteiger partial charge in [-0.1, -0.05) is 29.1 Å². The van der Waals surface area contributed by atoms with Crippen LogP contribution in [0.25, 0.3) is 0 Å². The van der Waals surface area contributed by atoms with Gasteiger partial charge in [0, 0.05) is 12.5 Å². The minimum Gasteiger partial charge on any atom is -0.340 e. The Morgan fingerprint density at radius 2 is 2.14 bits per heavy atom. The molecule has 1 aromatic heterocycles. The molecule has 110 valence electrons. The molecule has 7 nitrogen and oxygen atoms in total. The van der Waals surface area contributed by atoms with Crippen LogP contribution in [0.4, 0.5) is 0 Å². The van der Waals surface area contributed by atoms with Gasteiger partial charge in [-0.3, -0.25) is 0 Å². The third-order valence-corrected chi connectivity index (χ3v) is 3.95. The normalized spacial score (nSPS) is 11.0. The number of aryl methyl sites for hydroxylation is 1. The van der Waals surface area contributed by atoms with Crippen molar-refractivity contribution in [2.75, 3.05) is 6.54 Å². The molecule has 0 fully saturated rings. The second-order valence-electron chi connectivity index (χ2n) is 4.06. The van der Waals surface area contributed by atoms with E-state index in [0.717, 1.165) is 0 Å². The Labute approximate surface area is 122 Å². The Morgan fingerprint density at radius 1 is 1.38 bits per heavy atom. The number of nitrogens with two attached hydrogens (primary N) is 1. The molecule has 1 heterocycles.